The number of hydrogen-bond donors (Lipinski definition) is 0. The Kier molecular flexibility index (Phi) is 5.30. The Labute approximate surface area is 136 Å². The van der Waals surface area contributed by atoms with Gasteiger partial charge < -0.3 is 0 Å². The van der Waals surface area contributed by atoms with Gasteiger partial charge in [0.2, 0.25) is 10.0 Å². The van der Waals surface area contributed by atoms with Crippen molar-refractivity contribution in [2.75, 3.05) is 22.4 Å². The second-order valence-electron chi connectivity index (χ2n) is 5.81. The van der Waals surface area contributed by atoms with Crippen LogP contribution in [-0.2, 0) is 10.0 Å². The van der Waals surface area contributed by atoms with Gasteiger partial charge in [0.05, 0.1) is 6.26 Å². The molecule has 0 N–H and O–H groups in total. The van der Waals surface area contributed by atoms with Crippen LogP contribution in [0.2, 0.25) is 0 Å². The Morgan fingerprint density at radius 3 is 2.52 bits per heavy atom. The lowest BCUT2D eigenvalue weighted by molar-refractivity contribution is 0.593. The molecule has 0 aliphatic heterocycles. The van der Waals surface area contributed by atoms with E-state index in [2.05, 4.69) is 27.0 Å². The summed E-state index contributed by atoms with van der Waals surface area (Å²) in [5.74, 6) is 1.13. The first kappa shape index (κ1) is 16.7. The van der Waals surface area contributed by atoms with Crippen molar-refractivity contribution < 1.29 is 8.42 Å². The van der Waals surface area contributed by atoms with Crippen LogP contribution in [0.5, 0.6) is 0 Å². The van der Waals surface area contributed by atoms with Gasteiger partial charge in [0.25, 0.3) is 0 Å². The third-order valence-corrected chi connectivity index (χ3v) is 5.59. The third kappa shape index (κ3) is 4.19. The van der Waals surface area contributed by atoms with Crippen LogP contribution in [0, 0.1) is 13.8 Å². The Bertz CT molecular complexity index is 612. The van der Waals surface area contributed by atoms with E-state index < -0.39 is 10.0 Å². The number of hydrogen-bond acceptors (Lipinski definition) is 3. The SMILES string of the molecule is Cc1cc(C2CC2)c(N(CCCCBr)S(C)(=O)=O)nc1C. The number of unbranched alkanes of at least 4 members (excludes halogenated alkanes) is 1. The molecular weight excluding hydrogens is 352 g/mol. The maximum Gasteiger partial charge on any atom is 0.233 e. The molecule has 1 fully saturated rings. The minimum absolute atomic E-state index is 0.479. The molecule has 4 nitrogen and oxygen atoms in total. The van der Waals surface area contributed by atoms with E-state index in [1.54, 1.807) is 0 Å². The summed E-state index contributed by atoms with van der Waals surface area (Å²) in [5.41, 5.74) is 3.14. The molecule has 1 aromatic rings. The lowest BCUT2D eigenvalue weighted by Gasteiger charge is -2.24. The van der Waals surface area contributed by atoms with Gasteiger partial charge in [-0.05, 0) is 56.6 Å². The van der Waals surface area contributed by atoms with E-state index in [0.29, 0.717) is 18.3 Å². The number of sulfonamides is 1. The van der Waals surface area contributed by atoms with Gasteiger partial charge in [0.1, 0.15) is 5.82 Å². The predicted octanol–water partition coefficient (Wildman–Crippen LogP) is 3.52. The van der Waals surface area contributed by atoms with E-state index >= 15 is 0 Å². The van der Waals surface area contributed by atoms with Gasteiger partial charge >= 0.3 is 0 Å². The molecule has 6 heteroatoms. The number of pyridine rings is 1. The molecule has 0 amide bonds. The van der Waals surface area contributed by atoms with Crippen molar-refractivity contribution in [1.29, 1.82) is 0 Å². The molecule has 0 unspecified atom stereocenters. The molecule has 1 aliphatic rings. The molecule has 0 spiro atoms. The van der Waals surface area contributed by atoms with E-state index in [-0.39, 0.29) is 0 Å². The second-order valence-corrected chi connectivity index (χ2v) is 8.51. The van der Waals surface area contributed by atoms with Crippen LogP contribution in [0.15, 0.2) is 6.07 Å². The summed E-state index contributed by atoms with van der Waals surface area (Å²) in [5, 5.41) is 0.889. The number of halogens is 1. The fraction of sp³-hybridized carbons (Fsp3) is 0.667. The number of nitrogens with zero attached hydrogens (tertiary/aromatic N) is 2. The van der Waals surface area contributed by atoms with Crippen LogP contribution in [-0.4, -0.2) is 31.5 Å². The number of aryl methyl sites for hydroxylation is 2. The van der Waals surface area contributed by atoms with E-state index in [9.17, 15) is 8.42 Å². The fourth-order valence-corrected chi connectivity index (χ4v) is 3.70. The average molecular weight is 375 g/mol. The summed E-state index contributed by atoms with van der Waals surface area (Å²) in [6, 6.07) is 2.12. The van der Waals surface area contributed by atoms with Gasteiger partial charge in [-0.25, -0.2) is 13.4 Å². The van der Waals surface area contributed by atoms with Crippen molar-refractivity contribution >= 4 is 31.8 Å². The first-order valence-electron chi connectivity index (χ1n) is 7.36. The molecule has 1 aromatic heterocycles. The third-order valence-electron chi connectivity index (χ3n) is 3.87. The molecule has 118 valence electrons. The lowest BCUT2D eigenvalue weighted by Crippen LogP contribution is -2.32. The van der Waals surface area contributed by atoms with Gasteiger partial charge in [-0.1, -0.05) is 22.0 Å². The van der Waals surface area contributed by atoms with Crippen molar-refractivity contribution in [2.45, 2.75) is 45.4 Å². The van der Waals surface area contributed by atoms with Crippen LogP contribution in [0.3, 0.4) is 0 Å². The Morgan fingerprint density at radius 1 is 1.33 bits per heavy atom. The Balaban J connectivity index is 2.41. The highest BCUT2D eigenvalue weighted by Crippen LogP contribution is 2.44. The highest BCUT2D eigenvalue weighted by molar-refractivity contribution is 9.09. The zero-order valence-corrected chi connectivity index (χ0v) is 15.3. The molecule has 0 atom stereocenters. The maximum atomic E-state index is 12.2. The van der Waals surface area contributed by atoms with E-state index in [0.717, 1.165) is 47.8 Å². The van der Waals surface area contributed by atoms with Gasteiger partial charge in [0.15, 0.2) is 0 Å². The Morgan fingerprint density at radius 2 is 2.00 bits per heavy atom. The molecular formula is C15H23BrN2O2S. The van der Waals surface area contributed by atoms with Crippen molar-refractivity contribution in [3.8, 4) is 0 Å². The molecule has 0 bridgehead atoms. The number of alkyl halides is 1. The summed E-state index contributed by atoms with van der Waals surface area (Å²) in [6.45, 7) is 4.47. The van der Waals surface area contributed by atoms with Crippen LogP contribution in [0.1, 0.15) is 48.4 Å². The van der Waals surface area contributed by atoms with Crippen LogP contribution < -0.4 is 4.31 Å². The minimum Gasteiger partial charge on any atom is -0.254 e. The smallest absolute Gasteiger partial charge is 0.233 e. The van der Waals surface area contributed by atoms with Gasteiger partial charge in [-0.15, -0.1) is 0 Å². The van der Waals surface area contributed by atoms with E-state index in [1.807, 2.05) is 13.8 Å². The number of rotatable bonds is 7. The van der Waals surface area contributed by atoms with E-state index in [1.165, 1.54) is 10.6 Å². The van der Waals surface area contributed by atoms with Crippen LogP contribution in [0.25, 0.3) is 0 Å². The van der Waals surface area contributed by atoms with Crippen LogP contribution >= 0.6 is 15.9 Å². The highest BCUT2D eigenvalue weighted by Gasteiger charge is 2.31. The molecule has 0 aromatic carbocycles. The molecule has 1 aliphatic carbocycles. The highest BCUT2D eigenvalue weighted by atomic mass is 79.9. The first-order chi connectivity index (χ1) is 9.84. The summed E-state index contributed by atoms with van der Waals surface area (Å²) < 4.78 is 25.9. The van der Waals surface area contributed by atoms with E-state index in [4.69, 9.17) is 0 Å². The zero-order valence-electron chi connectivity index (χ0n) is 12.9. The minimum atomic E-state index is -3.30. The first-order valence-corrected chi connectivity index (χ1v) is 10.3. The zero-order chi connectivity index (χ0) is 15.6. The summed E-state index contributed by atoms with van der Waals surface area (Å²) in [4.78, 5) is 4.61. The maximum absolute atomic E-state index is 12.2. The normalized spacial score (nSPS) is 15.2. The van der Waals surface area contributed by atoms with Crippen molar-refractivity contribution in [1.82, 2.24) is 4.98 Å². The van der Waals surface area contributed by atoms with Crippen molar-refractivity contribution in [3.63, 3.8) is 0 Å². The average Bonchev–Trinajstić information content (AvgIpc) is 3.20. The van der Waals surface area contributed by atoms with Gasteiger partial charge in [-0.3, -0.25) is 4.31 Å². The van der Waals surface area contributed by atoms with Gasteiger partial charge in [0, 0.05) is 17.6 Å². The molecule has 0 saturated heterocycles. The summed E-state index contributed by atoms with van der Waals surface area (Å²) >= 11 is 3.39. The topological polar surface area (TPSA) is 50.3 Å². The quantitative estimate of drug-likeness (QED) is 0.541. The van der Waals surface area contributed by atoms with Crippen LogP contribution in [0.4, 0.5) is 5.82 Å². The molecule has 1 saturated carbocycles. The number of anilines is 1. The van der Waals surface area contributed by atoms with Gasteiger partial charge in [-0.2, -0.15) is 0 Å². The second kappa shape index (κ2) is 6.65. The fourth-order valence-electron chi connectivity index (χ4n) is 2.39. The molecule has 0 radical (unpaired) electrons. The number of aromatic nitrogens is 1. The van der Waals surface area contributed by atoms with Crippen molar-refractivity contribution in [2.24, 2.45) is 0 Å². The monoisotopic (exact) mass is 374 g/mol. The lowest BCUT2D eigenvalue weighted by atomic mass is 10.1. The predicted molar refractivity (Wildman–Crippen MR) is 90.9 cm³/mol. The summed E-state index contributed by atoms with van der Waals surface area (Å²) in [7, 11) is -3.30. The molecule has 21 heavy (non-hydrogen) atoms. The molecule has 1 heterocycles. The Hall–Kier alpha value is -0.620. The largest absolute Gasteiger partial charge is 0.254 e. The summed E-state index contributed by atoms with van der Waals surface area (Å²) in [6.07, 6.45) is 5.33. The van der Waals surface area contributed by atoms with Crippen molar-refractivity contribution in [3.05, 3.63) is 22.9 Å². The standard InChI is InChI=1S/C15H23BrN2O2S/c1-11-10-14(13-6-7-13)15(17-12(11)2)18(21(3,19)20)9-5-4-8-16/h10,13H,4-9H2,1-3H3. The molecule has 2 rings (SSSR count).